The Bertz CT molecular complexity index is 532. The minimum Gasteiger partial charge on any atom is -0.494 e. The smallest absolute Gasteiger partial charge is 0.303 e. The van der Waals surface area contributed by atoms with E-state index >= 15 is 0 Å². The number of amides is 1. The summed E-state index contributed by atoms with van der Waals surface area (Å²) in [6.45, 7) is 2.52. The van der Waals surface area contributed by atoms with E-state index in [0.29, 0.717) is 12.3 Å². The molecule has 1 aliphatic rings. The summed E-state index contributed by atoms with van der Waals surface area (Å²) >= 11 is 0. The molecule has 0 aromatic heterocycles. The van der Waals surface area contributed by atoms with Crippen molar-refractivity contribution in [3.8, 4) is 5.75 Å². The van der Waals surface area contributed by atoms with E-state index in [-0.39, 0.29) is 24.2 Å². The van der Waals surface area contributed by atoms with E-state index in [4.69, 9.17) is 9.84 Å². The zero-order valence-electron chi connectivity index (χ0n) is 13.6. The number of carbonyl (C=O) groups is 2. The average Bonchev–Trinajstić information content (AvgIpc) is 2.49. The summed E-state index contributed by atoms with van der Waals surface area (Å²) in [4.78, 5) is 23.5. The minimum absolute atomic E-state index is 0.0731. The fourth-order valence-electron chi connectivity index (χ4n) is 3.39. The van der Waals surface area contributed by atoms with Crippen molar-refractivity contribution in [1.82, 2.24) is 0 Å². The molecule has 0 saturated heterocycles. The lowest BCUT2D eigenvalue weighted by molar-refractivity contribution is -0.140. The summed E-state index contributed by atoms with van der Waals surface area (Å²) in [5.41, 5.74) is 0.319. The van der Waals surface area contributed by atoms with Crippen molar-refractivity contribution in [2.45, 2.75) is 51.9 Å². The van der Waals surface area contributed by atoms with E-state index in [9.17, 15) is 9.59 Å². The van der Waals surface area contributed by atoms with Crippen molar-refractivity contribution in [3.63, 3.8) is 0 Å². The van der Waals surface area contributed by atoms with Gasteiger partial charge in [0.05, 0.1) is 13.0 Å². The predicted molar refractivity (Wildman–Crippen MR) is 88.6 cm³/mol. The first kappa shape index (κ1) is 17.3. The van der Waals surface area contributed by atoms with Gasteiger partial charge in [0.15, 0.2) is 0 Å². The second-order valence-electron chi connectivity index (χ2n) is 6.31. The molecule has 2 rings (SSSR count). The third-order valence-electron chi connectivity index (χ3n) is 4.43. The number of nitrogens with one attached hydrogen (secondary N) is 1. The number of carboxylic acid groups (broad SMARTS) is 1. The zero-order chi connectivity index (χ0) is 16.7. The fraction of sp³-hybridized carbons (Fsp3) is 0.556. The van der Waals surface area contributed by atoms with E-state index < -0.39 is 5.97 Å². The summed E-state index contributed by atoms with van der Waals surface area (Å²) < 4.78 is 5.37. The highest BCUT2D eigenvalue weighted by Crippen LogP contribution is 2.42. The molecule has 23 heavy (non-hydrogen) atoms. The maximum Gasteiger partial charge on any atom is 0.303 e. The summed E-state index contributed by atoms with van der Waals surface area (Å²) in [5.74, 6) is -0.168. The van der Waals surface area contributed by atoms with Gasteiger partial charge in [-0.2, -0.15) is 0 Å². The first-order chi connectivity index (χ1) is 11.0. The Morgan fingerprint density at radius 3 is 2.35 bits per heavy atom. The molecular formula is C18H25NO4. The highest BCUT2D eigenvalue weighted by atomic mass is 16.5. The Morgan fingerprint density at radius 2 is 1.78 bits per heavy atom. The number of hydrogen-bond acceptors (Lipinski definition) is 3. The highest BCUT2D eigenvalue weighted by Gasteiger charge is 2.36. The van der Waals surface area contributed by atoms with Crippen LogP contribution in [0.25, 0.3) is 0 Å². The maximum absolute atomic E-state index is 12.3. The number of hydrogen-bond donors (Lipinski definition) is 2. The molecule has 1 aromatic rings. The van der Waals surface area contributed by atoms with Crippen LogP contribution in [0.2, 0.25) is 0 Å². The number of carboxylic acids is 1. The van der Waals surface area contributed by atoms with Gasteiger partial charge in [-0.1, -0.05) is 19.3 Å². The van der Waals surface area contributed by atoms with Gasteiger partial charge in [0, 0.05) is 12.1 Å². The van der Waals surface area contributed by atoms with E-state index in [2.05, 4.69) is 5.32 Å². The van der Waals surface area contributed by atoms with E-state index in [0.717, 1.165) is 37.9 Å². The second kappa shape index (κ2) is 7.99. The topological polar surface area (TPSA) is 75.6 Å². The van der Waals surface area contributed by atoms with Crippen molar-refractivity contribution >= 4 is 17.6 Å². The van der Waals surface area contributed by atoms with Crippen LogP contribution < -0.4 is 10.1 Å². The van der Waals surface area contributed by atoms with Crippen LogP contribution >= 0.6 is 0 Å². The number of rotatable bonds is 7. The first-order valence-corrected chi connectivity index (χ1v) is 8.27. The third kappa shape index (κ3) is 5.27. The monoisotopic (exact) mass is 319 g/mol. The molecule has 0 radical (unpaired) electrons. The van der Waals surface area contributed by atoms with Crippen LogP contribution in [0, 0.1) is 5.41 Å². The Labute approximate surface area is 137 Å². The van der Waals surface area contributed by atoms with Crippen LogP contribution in [0.3, 0.4) is 0 Å². The molecule has 5 nitrogen and oxygen atoms in total. The van der Waals surface area contributed by atoms with Crippen molar-refractivity contribution < 1.29 is 19.4 Å². The molecular weight excluding hydrogens is 294 g/mol. The molecule has 1 aliphatic carbocycles. The van der Waals surface area contributed by atoms with Gasteiger partial charge in [0.1, 0.15) is 5.75 Å². The van der Waals surface area contributed by atoms with Crippen molar-refractivity contribution in [2.75, 3.05) is 11.9 Å². The Morgan fingerprint density at radius 1 is 1.13 bits per heavy atom. The summed E-state index contributed by atoms with van der Waals surface area (Å²) in [5, 5.41) is 12.0. The predicted octanol–water partition coefficient (Wildman–Crippen LogP) is 3.84. The van der Waals surface area contributed by atoms with E-state index in [1.165, 1.54) is 0 Å². The van der Waals surface area contributed by atoms with Gasteiger partial charge < -0.3 is 15.2 Å². The lowest BCUT2D eigenvalue weighted by Gasteiger charge is -2.35. The molecule has 0 spiro atoms. The van der Waals surface area contributed by atoms with Gasteiger partial charge in [0.2, 0.25) is 5.91 Å². The van der Waals surface area contributed by atoms with Gasteiger partial charge >= 0.3 is 5.97 Å². The molecule has 5 heteroatoms. The molecule has 1 fully saturated rings. The van der Waals surface area contributed by atoms with E-state index in [1.807, 2.05) is 19.1 Å². The van der Waals surface area contributed by atoms with E-state index in [1.54, 1.807) is 12.1 Å². The Hall–Kier alpha value is -2.04. The molecule has 0 unspecified atom stereocenters. The molecule has 0 bridgehead atoms. The molecule has 1 saturated carbocycles. The molecule has 0 atom stereocenters. The standard InChI is InChI=1S/C18H25NO4/c1-2-23-15-8-6-14(7-9-15)19-16(20)12-18(13-17(21)22)10-4-3-5-11-18/h6-9H,2-5,10-13H2,1H3,(H,19,20)(H,21,22). The molecule has 0 aliphatic heterocycles. The lowest BCUT2D eigenvalue weighted by Crippen LogP contribution is -2.32. The van der Waals surface area contributed by atoms with Gasteiger partial charge in [-0.25, -0.2) is 0 Å². The van der Waals surface area contributed by atoms with Gasteiger partial charge in [-0.05, 0) is 49.4 Å². The summed E-state index contributed by atoms with van der Waals surface area (Å²) in [6, 6.07) is 7.22. The first-order valence-electron chi connectivity index (χ1n) is 8.27. The molecule has 2 N–H and O–H groups in total. The minimum atomic E-state index is -0.819. The van der Waals surface area contributed by atoms with Crippen LogP contribution in [-0.2, 0) is 9.59 Å². The average molecular weight is 319 g/mol. The Kier molecular flexibility index (Phi) is 6.02. The molecule has 0 heterocycles. The summed E-state index contributed by atoms with van der Waals surface area (Å²) in [6.07, 6.45) is 5.11. The molecule has 1 amide bonds. The van der Waals surface area contributed by atoms with Crippen molar-refractivity contribution in [3.05, 3.63) is 24.3 Å². The van der Waals surface area contributed by atoms with Crippen LogP contribution in [0.5, 0.6) is 5.75 Å². The molecule has 126 valence electrons. The van der Waals surface area contributed by atoms with Crippen LogP contribution in [0.1, 0.15) is 51.9 Å². The van der Waals surface area contributed by atoms with Crippen LogP contribution in [-0.4, -0.2) is 23.6 Å². The van der Waals surface area contributed by atoms with Crippen LogP contribution in [0.15, 0.2) is 24.3 Å². The largest absolute Gasteiger partial charge is 0.494 e. The highest BCUT2D eigenvalue weighted by molar-refractivity contribution is 5.91. The number of benzene rings is 1. The lowest BCUT2D eigenvalue weighted by atomic mass is 9.69. The number of carbonyl (C=O) groups excluding carboxylic acids is 1. The number of ether oxygens (including phenoxy) is 1. The zero-order valence-corrected chi connectivity index (χ0v) is 13.6. The maximum atomic E-state index is 12.3. The van der Waals surface area contributed by atoms with Gasteiger partial charge in [0.25, 0.3) is 0 Å². The normalized spacial score (nSPS) is 16.6. The van der Waals surface area contributed by atoms with Crippen molar-refractivity contribution in [1.29, 1.82) is 0 Å². The second-order valence-corrected chi connectivity index (χ2v) is 6.31. The van der Waals surface area contributed by atoms with Gasteiger partial charge in [-0.15, -0.1) is 0 Å². The molecule has 1 aromatic carbocycles. The SMILES string of the molecule is CCOc1ccc(NC(=O)CC2(CC(=O)O)CCCCC2)cc1. The quantitative estimate of drug-likeness (QED) is 0.800. The number of anilines is 1. The third-order valence-corrected chi connectivity index (χ3v) is 4.43. The van der Waals surface area contributed by atoms with Crippen LogP contribution in [0.4, 0.5) is 5.69 Å². The van der Waals surface area contributed by atoms with Crippen molar-refractivity contribution in [2.24, 2.45) is 5.41 Å². The van der Waals surface area contributed by atoms with Gasteiger partial charge in [-0.3, -0.25) is 9.59 Å². The fourth-order valence-corrected chi connectivity index (χ4v) is 3.39. The number of aliphatic carboxylic acids is 1. The summed E-state index contributed by atoms with van der Waals surface area (Å²) in [7, 11) is 0. The Balaban J connectivity index is 1.97.